The lowest BCUT2D eigenvalue weighted by molar-refractivity contribution is -0.148. The third-order valence-electron chi connectivity index (χ3n) is 5.52. The van der Waals surface area contributed by atoms with Crippen molar-refractivity contribution in [1.82, 2.24) is 15.5 Å². The van der Waals surface area contributed by atoms with Crippen LogP contribution in [-0.4, -0.2) is 51.6 Å². The SMILES string of the molecule is CC(C)NC(=O)C(c1ccccc1O)N(C(=O)C(NC(=O)OC(C)(C)C)C(C)C)C1CCC1. The van der Waals surface area contributed by atoms with Crippen LogP contribution < -0.4 is 10.6 Å². The zero-order valence-electron chi connectivity index (χ0n) is 20.8. The Labute approximate surface area is 197 Å². The topological polar surface area (TPSA) is 108 Å². The van der Waals surface area contributed by atoms with Gasteiger partial charge in [0, 0.05) is 17.6 Å². The second kappa shape index (κ2) is 10.9. The maximum Gasteiger partial charge on any atom is 0.408 e. The van der Waals surface area contributed by atoms with Crippen LogP contribution in [0.2, 0.25) is 0 Å². The van der Waals surface area contributed by atoms with Crippen LogP contribution in [0.1, 0.15) is 79.3 Å². The van der Waals surface area contributed by atoms with Gasteiger partial charge in [-0.05, 0) is 65.9 Å². The van der Waals surface area contributed by atoms with E-state index in [9.17, 15) is 19.5 Å². The van der Waals surface area contributed by atoms with E-state index in [1.54, 1.807) is 43.9 Å². The molecule has 1 aliphatic rings. The Morgan fingerprint density at radius 3 is 2.12 bits per heavy atom. The molecule has 2 unspecified atom stereocenters. The van der Waals surface area contributed by atoms with Crippen LogP contribution in [0.15, 0.2) is 24.3 Å². The van der Waals surface area contributed by atoms with Gasteiger partial charge in [0.2, 0.25) is 11.8 Å². The minimum Gasteiger partial charge on any atom is -0.508 e. The molecule has 8 nitrogen and oxygen atoms in total. The predicted octanol–water partition coefficient (Wildman–Crippen LogP) is 3.89. The normalized spacial score (nSPS) is 16.0. The molecule has 1 aromatic rings. The Balaban J connectivity index is 2.48. The average molecular weight is 462 g/mol. The number of hydrogen-bond donors (Lipinski definition) is 3. The molecule has 1 saturated carbocycles. The fourth-order valence-electron chi connectivity index (χ4n) is 3.79. The molecule has 2 atom stereocenters. The first-order valence-electron chi connectivity index (χ1n) is 11.7. The number of aromatic hydroxyl groups is 1. The fraction of sp³-hybridized carbons (Fsp3) is 0.640. The minimum absolute atomic E-state index is 0.0558. The van der Waals surface area contributed by atoms with Crippen LogP contribution in [0.3, 0.4) is 0 Å². The highest BCUT2D eigenvalue weighted by Gasteiger charge is 2.43. The number of phenolic OH excluding ortho intramolecular Hbond substituents is 1. The summed E-state index contributed by atoms with van der Waals surface area (Å²) < 4.78 is 5.37. The second-order valence-corrected chi connectivity index (χ2v) is 10.3. The fourth-order valence-corrected chi connectivity index (χ4v) is 3.79. The maximum atomic E-state index is 13.9. The van der Waals surface area contributed by atoms with Crippen LogP contribution in [0, 0.1) is 5.92 Å². The number of benzene rings is 1. The molecule has 1 aliphatic carbocycles. The standard InChI is InChI=1S/C25H39N3O5/c1-15(2)20(27-24(32)33-25(5,6)7)23(31)28(17-11-10-12-17)21(22(30)26-16(3)4)18-13-8-9-14-19(18)29/h8-9,13-17,20-21,29H,10-12H2,1-7H3,(H,26,30)(H,27,32). The van der Waals surface area contributed by atoms with Gasteiger partial charge in [-0.25, -0.2) is 4.79 Å². The number of carbonyl (C=O) groups excluding carboxylic acids is 3. The van der Waals surface area contributed by atoms with Gasteiger partial charge in [-0.15, -0.1) is 0 Å². The average Bonchev–Trinajstić information content (AvgIpc) is 2.62. The van der Waals surface area contributed by atoms with Crippen molar-refractivity contribution >= 4 is 17.9 Å². The molecule has 3 N–H and O–H groups in total. The Hall–Kier alpha value is -2.77. The molecule has 1 fully saturated rings. The number of amides is 3. The summed E-state index contributed by atoms with van der Waals surface area (Å²) >= 11 is 0. The number of hydrogen-bond acceptors (Lipinski definition) is 5. The summed E-state index contributed by atoms with van der Waals surface area (Å²) in [6.07, 6.45) is 1.76. The summed E-state index contributed by atoms with van der Waals surface area (Å²) in [6, 6.07) is 4.35. The number of phenols is 1. The lowest BCUT2D eigenvalue weighted by Crippen LogP contribution is -2.59. The molecule has 2 rings (SSSR count). The van der Waals surface area contributed by atoms with E-state index in [-0.39, 0.29) is 35.6 Å². The zero-order valence-corrected chi connectivity index (χ0v) is 20.8. The van der Waals surface area contributed by atoms with E-state index in [4.69, 9.17) is 4.74 Å². The Kier molecular flexibility index (Phi) is 8.75. The van der Waals surface area contributed by atoms with Crippen molar-refractivity contribution in [1.29, 1.82) is 0 Å². The number of carbonyl (C=O) groups is 3. The van der Waals surface area contributed by atoms with Crippen LogP contribution in [0.5, 0.6) is 5.75 Å². The summed E-state index contributed by atoms with van der Waals surface area (Å²) in [6.45, 7) is 12.6. The summed E-state index contributed by atoms with van der Waals surface area (Å²) in [4.78, 5) is 41.4. The highest BCUT2D eigenvalue weighted by atomic mass is 16.6. The van der Waals surface area contributed by atoms with Crippen molar-refractivity contribution in [2.24, 2.45) is 5.92 Å². The van der Waals surface area contributed by atoms with Gasteiger partial charge in [-0.2, -0.15) is 0 Å². The quantitative estimate of drug-likeness (QED) is 0.544. The first-order valence-corrected chi connectivity index (χ1v) is 11.7. The molecule has 0 saturated heterocycles. The van der Waals surface area contributed by atoms with E-state index < -0.39 is 23.8 Å². The summed E-state index contributed by atoms with van der Waals surface area (Å²) in [5.74, 6) is -1.04. The van der Waals surface area contributed by atoms with E-state index in [0.717, 1.165) is 19.3 Å². The van der Waals surface area contributed by atoms with Crippen molar-refractivity contribution in [2.75, 3.05) is 0 Å². The molecule has 8 heteroatoms. The largest absolute Gasteiger partial charge is 0.508 e. The first kappa shape index (κ1) is 26.5. The van der Waals surface area contributed by atoms with E-state index in [1.807, 2.05) is 27.7 Å². The molecule has 0 heterocycles. The smallest absolute Gasteiger partial charge is 0.408 e. The lowest BCUT2D eigenvalue weighted by atomic mass is 9.87. The highest BCUT2D eigenvalue weighted by molar-refractivity contribution is 5.93. The van der Waals surface area contributed by atoms with E-state index in [2.05, 4.69) is 10.6 Å². The van der Waals surface area contributed by atoms with Crippen LogP contribution >= 0.6 is 0 Å². The third kappa shape index (κ3) is 7.11. The Morgan fingerprint density at radius 2 is 1.67 bits per heavy atom. The second-order valence-electron chi connectivity index (χ2n) is 10.3. The van der Waals surface area contributed by atoms with Gasteiger partial charge >= 0.3 is 6.09 Å². The van der Waals surface area contributed by atoms with Crippen molar-refractivity contribution in [3.8, 4) is 5.75 Å². The third-order valence-corrected chi connectivity index (χ3v) is 5.52. The molecule has 0 radical (unpaired) electrons. The Morgan fingerprint density at radius 1 is 1.06 bits per heavy atom. The first-order chi connectivity index (χ1) is 15.3. The summed E-state index contributed by atoms with van der Waals surface area (Å²) in [5, 5.41) is 16.2. The molecule has 1 aromatic carbocycles. The van der Waals surface area contributed by atoms with Gasteiger partial charge in [0.25, 0.3) is 0 Å². The van der Waals surface area contributed by atoms with E-state index in [0.29, 0.717) is 5.56 Å². The molecule has 0 spiro atoms. The summed E-state index contributed by atoms with van der Waals surface area (Å²) in [7, 11) is 0. The molecule has 0 aromatic heterocycles. The Bertz CT molecular complexity index is 843. The van der Waals surface area contributed by atoms with Gasteiger partial charge in [-0.3, -0.25) is 9.59 Å². The van der Waals surface area contributed by atoms with Crippen molar-refractivity contribution in [2.45, 2.75) is 97.5 Å². The van der Waals surface area contributed by atoms with Gasteiger partial charge in [0.1, 0.15) is 23.4 Å². The minimum atomic E-state index is -1.02. The monoisotopic (exact) mass is 461 g/mol. The number of nitrogens with one attached hydrogen (secondary N) is 2. The van der Waals surface area contributed by atoms with Crippen molar-refractivity contribution in [3.63, 3.8) is 0 Å². The molecule has 0 bridgehead atoms. The van der Waals surface area contributed by atoms with Gasteiger partial charge in [0.15, 0.2) is 0 Å². The summed E-state index contributed by atoms with van der Waals surface area (Å²) in [5.41, 5.74) is -0.353. The lowest BCUT2D eigenvalue weighted by Gasteiger charge is -2.44. The molecule has 3 amide bonds. The van der Waals surface area contributed by atoms with Gasteiger partial charge in [-0.1, -0.05) is 32.0 Å². The van der Waals surface area contributed by atoms with Crippen molar-refractivity contribution < 1.29 is 24.2 Å². The molecule has 0 aliphatic heterocycles. The number of rotatable bonds is 8. The zero-order chi connectivity index (χ0) is 24.9. The maximum absolute atomic E-state index is 13.9. The number of nitrogens with zero attached hydrogens (tertiary/aromatic N) is 1. The van der Waals surface area contributed by atoms with Gasteiger partial charge in [0.05, 0.1) is 0 Å². The number of alkyl carbamates (subject to hydrolysis) is 1. The van der Waals surface area contributed by atoms with Crippen molar-refractivity contribution in [3.05, 3.63) is 29.8 Å². The van der Waals surface area contributed by atoms with Crippen LogP contribution in [-0.2, 0) is 14.3 Å². The van der Waals surface area contributed by atoms with E-state index >= 15 is 0 Å². The molecule has 33 heavy (non-hydrogen) atoms. The van der Waals surface area contributed by atoms with Gasteiger partial charge < -0.3 is 25.4 Å². The molecular formula is C25H39N3O5. The molecular weight excluding hydrogens is 422 g/mol. The number of para-hydroxylation sites is 1. The van der Waals surface area contributed by atoms with Crippen LogP contribution in [0.25, 0.3) is 0 Å². The van der Waals surface area contributed by atoms with Crippen LogP contribution in [0.4, 0.5) is 4.79 Å². The molecule has 184 valence electrons. The number of ether oxygens (including phenoxy) is 1. The predicted molar refractivity (Wildman–Crippen MR) is 127 cm³/mol. The highest BCUT2D eigenvalue weighted by Crippen LogP contribution is 2.37. The van der Waals surface area contributed by atoms with E-state index in [1.165, 1.54) is 6.07 Å².